The number of hydrogen-bond donors (Lipinski definition) is 1. The molecular weight excluding hydrogens is 560 g/mol. The zero-order valence-electron chi connectivity index (χ0n) is 21.6. The smallest absolute Gasteiger partial charge is 0.409 e. The Morgan fingerprint density at radius 3 is 2.23 bits per heavy atom. The SMILES string of the molecule is O=C(O)COC1(c2ccc(Br)cn2)CCC2(CCN(C(=O)OCC3c4ccccc4-c4ccccc43)CC2)C1. The van der Waals surface area contributed by atoms with Gasteiger partial charge in [-0.15, -0.1) is 0 Å². The standard InChI is InChI=1S/C31H31BrN2O5/c32-21-9-10-27(33-17-21)31(39-19-28(35)36)12-11-30(20-31)13-15-34(16-14-30)29(37)38-18-26-24-7-3-1-5-22(24)23-6-2-4-8-25(23)26/h1-10,17,26H,11-16,18-20H2,(H,35,36). The summed E-state index contributed by atoms with van der Waals surface area (Å²) in [5, 5.41) is 9.30. The molecule has 3 aromatic rings. The van der Waals surface area contributed by atoms with Crippen LogP contribution in [0.2, 0.25) is 0 Å². The first-order chi connectivity index (χ1) is 18.9. The molecular formula is C31H31BrN2O5. The summed E-state index contributed by atoms with van der Waals surface area (Å²) in [6.45, 7) is 1.18. The van der Waals surface area contributed by atoms with Gasteiger partial charge in [0.1, 0.15) is 18.8 Å². The number of benzene rings is 2. The van der Waals surface area contributed by atoms with Crippen molar-refractivity contribution in [3.8, 4) is 11.1 Å². The van der Waals surface area contributed by atoms with Crippen LogP contribution in [0.5, 0.6) is 0 Å². The normalized spacial score (nSPS) is 21.5. The molecule has 7 nitrogen and oxygen atoms in total. The maximum atomic E-state index is 13.1. The van der Waals surface area contributed by atoms with Gasteiger partial charge in [-0.25, -0.2) is 9.59 Å². The molecule has 1 saturated heterocycles. The molecule has 2 aliphatic carbocycles. The number of amides is 1. The molecule has 8 heteroatoms. The van der Waals surface area contributed by atoms with E-state index in [0.717, 1.165) is 29.4 Å². The number of halogens is 1. The molecule has 2 aromatic carbocycles. The second-order valence-corrected chi connectivity index (χ2v) is 11.9. The summed E-state index contributed by atoms with van der Waals surface area (Å²) in [6, 6.07) is 20.5. The van der Waals surface area contributed by atoms with Crippen LogP contribution >= 0.6 is 15.9 Å². The molecule has 202 valence electrons. The Morgan fingerprint density at radius 2 is 1.62 bits per heavy atom. The Balaban J connectivity index is 1.10. The highest BCUT2D eigenvalue weighted by Gasteiger charge is 2.52. The second kappa shape index (κ2) is 10.4. The third-order valence-corrected chi connectivity index (χ3v) is 9.27. The number of ether oxygens (including phenoxy) is 2. The van der Waals surface area contributed by atoms with Crippen LogP contribution < -0.4 is 0 Å². The van der Waals surface area contributed by atoms with E-state index in [2.05, 4.69) is 45.2 Å². The minimum absolute atomic E-state index is 0.0205. The van der Waals surface area contributed by atoms with Crippen LogP contribution in [0, 0.1) is 5.41 Å². The van der Waals surface area contributed by atoms with Gasteiger partial charge in [-0.3, -0.25) is 4.98 Å². The summed E-state index contributed by atoms with van der Waals surface area (Å²) < 4.78 is 12.8. The van der Waals surface area contributed by atoms with Crippen LogP contribution in [0.15, 0.2) is 71.3 Å². The Kier molecular flexibility index (Phi) is 6.93. The zero-order valence-corrected chi connectivity index (χ0v) is 23.2. The Hall–Kier alpha value is -3.23. The van der Waals surface area contributed by atoms with Crippen molar-refractivity contribution in [2.45, 2.75) is 43.6 Å². The molecule has 0 bridgehead atoms. The second-order valence-electron chi connectivity index (χ2n) is 11.0. The van der Waals surface area contributed by atoms with Crippen molar-refractivity contribution in [3.63, 3.8) is 0 Å². The van der Waals surface area contributed by atoms with E-state index in [1.807, 2.05) is 41.3 Å². The average Bonchev–Trinajstić information content (AvgIpc) is 3.48. The van der Waals surface area contributed by atoms with E-state index in [-0.39, 0.29) is 24.0 Å². The number of carboxylic acids is 1. The summed E-state index contributed by atoms with van der Waals surface area (Å²) in [6.07, 6.45) is 5.42. The average molecular weight is 592 g/mol. The fraction of sp³-hybridized carbons (Fsp3) is 0.387. The third kappa shape index (κ3) is 4.96. The predicted molar refractivity (Wildman–Crippen MR) is 149 cm³/mol. The van der Waals surface area contributed by atoms with E-state index < -0.39 is 11.6 Å². The van der Waals surface area contributed by atoms with Gasteiger partial charge in [0, 0.05) is 29.7 Å². The van der Waals surface area contributed by atoms with Crippen molar-refractivity contribution < 1.29 is 24.2 Å². The van der Waals surface area contributed by atoms with Gasteiger partial charge in [-0.2, -0.15) is 0 Å². The summed E-state index contributed by atoms with van der Waals surface area (Å²) >= 11 is 3.43. The number of nitrogens with zero attached hydrogens (tertiary/aromatic N) is 2. The molecule has 3 aliphatic rings. The maximum absolute atomic E-state index is 13.1. The lowest BCUT2D eigenvalue weighted by Gasteiger charge is -2.40. The lowest BCUT2D eigenvalue weighted by atomic mass is 9.75. The van der Waals surface area contributed by atoms with E-state index in [4.69, 9.17) is 9.47 Å². The van der Waals surface area contributed by atoms with Crippen molar-refractivity contribution in [1.29, 1.82) is 0 Å². The number of carboxylic acid groups (broad SMARTS) is 1. The summed E-state index contributed by atoms with van der Waals surface area (Å²) in [5.41, 5.74) is 4.85. The molecule has 1 unspecified atom stereocenters. The number of fused-ring (bicyclic) bond motifs is 3. The molecule has 2 heterocycles. The lowest BCUT2D eigenvalue weighted by molar-refractivity contribution is -0.151. The van der Waals surface area contributed by atoms with Gasteiger partial charge < -0.3 is 19.5 Å². The monoisotopic (exact) mass is 590 g/mol. The molecule has 1 aromatic heterocycles. The van der Waals surface area contributed by atoms with Crippen molar-refractivity contribution in [2.75, 3.05) is 26.3 Å². The lowest BCUT2D eigenvalue weighted by Crippen LogP contribution is -2.43. The summed E-state index contributed by atoms with van der Waals surface area (Å²) in [5.74, 6) is -0.949. The number of piperidine rings is 1. The molecule has 1 N–H and O–H groups in total. The van der Waals surface area contributed by atoms with Crippen LogP contribution in [-0.4, -0.2) is 53.4 Å². The topological polar surface area (TPSA) is 89.0 Å². The van der Waals surface area contributed by atoms with Crippen LogP contribution in [0.3, 0.4) is 0 Å². The van der Waals surface area contributed by atoms with Crippen molar-refractivity contribution in [3.05, 3.63) is 88.2 Å². The Morgan fingerprint density at radius 1 is 0.949 bits per heavy atom. The molecule has 39 heavy (non-hydrogen) atoms. The van der Waals surface area contributed by atoms with Crippen LogP contribution in [0.1, 0.15) is 54.8 Å². The van der Waals surface area contributed by atoms with E-state index in [0.29, 0.717) is 32.5 Å². The van der Waals surface area contributed by atoms with Crippen LogP contribution in [0.25, 0.3) is 11.1 Å². The molecule has 6 rings (SSSR count). The fourth-order valence-electron chi connectivity index (χ4n) is 6.79. The van der Waals surface area contributed by atoms with Crippen molar-refractivity contribution in [2.24, 2.45) is 5.41 Å². The van der Waals surface area contributed by atoms with E-state index in [9.17, 15) is 14.7 Å². The maximum Gasteiger partial charge on any atom is 0.409 e. The number of aromatic nitrogens is 1. The molecule has 1 aliphatic heterocycles. The molecule has 1 saturated carbocycles. The summed E-state index contributed by atoms with van der Waals surface area (Å²) in [7, 11) is 0. The first kappa shape index (κ1) is 26.0. The number of aliphatic carboxylic acids is 1. The minimum atomic E-state index is -0.988. The van der Waals surface area contributed by atoms with Gasteiger partial charge in [-0.1, -0.05) is 48.5 Å². The Bertz CT molecular complexity index is 1340. The van der Waals surface area contributed by atoms with Gasteiger partial charge in [0.2, 0.25) is 0 Å². The highest BCUT2D eigenvalue weighted by molar-refractivity contribution is 9.10. The molecule has 2 fully saturated rings. The number of pyridine rings is 1. The zero-order chi connectivity index (χ0) is 27.0. The van der Waals surface area contributed by atoms with E-state index >= 15 is 0 Å². The van der Waals surface area contributed by atoms with Crippen molar-refractivity contribution in [1.82, 2.24) is 9.88 Å². The molecule has 1 spiro atoms. The van der Waals surface area contributed by atoms with Crippen LogP contribution in [-0.2, 0) is 19.9 Å². The molecule has 1 amide bonds. The predicted octanol–water partition coefficient (Wildman–Crippen LogP) is 6.36. The number of rotatable bonds is 6. The van der Waals surface area contributed by atoms with Gasteiger partial charge >= 0.3 is 12.1 Å². The van der Waals surface area contributed by atoms with Gasteiger partial charge in [0.15, 0.2) is 0 Å². The first-order valence-electron chi connectivity index (χ1n) is 13.5. The molecule has 0 radical (unpaired) electrons. The number of carbonyl (C=O) groups excluding carboxylic acids is 1. The third-order valence-electron chi connectivity index (χ3n) is 8.80. The van der Waals surface area contributed by atoms with Crippen LogP contribution in [0.4, 0.5) is 4.79 Å². The largest absolute Gasteiger partial charge is 0.480 e. The van der Waals surface area contributed by atoms with E-state index in [1.54, 1.807) is 6.20 Å². The highest BCUT2D eigenvalue weighted by atomic mass is 79.9. The quantitative estimate of drug-likeness (QED) is 0.359. The minimum Gasteiger partial charge on any atom is -0.480 e. The fourth-order valence-corrected chi connectivity index (χ4v) is 7.02. The van der Waals surface area contributed by atoms with Gasteiger partial charge in [-0.05, 0) is 87.8 Å². The summed E-state index contributed by atoms with van der Waals surface area (Å²) in [4.78, 5) is 30.9. The van der Waals surface area contributed by atoms with Crippen molar-refractivity contribution >= 4 is 28.0 Å². The number of likely N-dealkylation sites (tertiary alicyclic amines) is 1. The Labute approximate surface area is 236 Å². The highest BCUT2D eigenvalue weighted by Crippen LogP contribution is 2.56. The van der Waals surface area contributed by atoms with Gasteiger partial charge in [0.05, 0.1) is 5.69 Å². The number of hydrogen-bond acceptors (Lipinski definition) is 5. The van der Waals surface area contributed by atoms with E-state index in [1.165, 1.54) is 22.3 Å². The first-order valence-corrected chi connectivity index (χ1v) is 14.3. The number of carbonyl (C=O) groups is 2. The molecule has 1 atom stereocenters. The van der Waals surface area contributed by atoms with Gasteiger partial charge in [0.25, 0.3) is 0 Å².